The molecule has 0 aliphatic carbocycles. The summed E-state index contributed by atoms with van der Waals surface area (Å²) in [6.45, 7) is 0. The van der Waals surface area contributed by atoms with E-state index in [-0.39, 0.29) is 5.82 Å². The summed E-state index contributed by atoms with van der Waals surface area (Å²) in [7, 11) is 0. The van der Waals surface area contributed by atoms with Crippen LogP contribution in [0.5, 0.6) is 0 Å². The maximum absolute atomic E-state index is 13.1. The van der Waals surface area contributed by atoms with Crippen LogP contribution in [0, 0.1) is 5.82 Å². The van der Waals surface area contributed by atoms with E-state index in [1.807, 2.05) is 16.8 Å². The highest BCUT2D eigenvalue weighted by atomic mass is 79.9. The molecule has 0 spiro atoms. The third-order valence-electron chi connectivity index (χ3n) is 1.89. The quantitative estimate of drug-likeness (QED) is 0.820. The zero-order valence-electron chi connectivity index (χ0n) is 7.63. The normalized spacial score (nSPS) is 10.3. The fourth-order valence-corrected chi connectivity index (χ4v) is 2.09. The Morgan fingerprint density at radius 2 is 2.20 bits per heavy atom. The molecular formula is C10H8BrFN2S. The molecule has 78 valence electrons. The molecular weight excluding hydrogens is 279 g/mol. The number of benzene rings is 1. The Hall–Kier alpha value is -1.07. The Kier molecular flexibility index (Phi) is 2.93. The van der Waals surface area contributed by atoms with Crippen molar-refractivity contribution in [3.63, 3.8) is 0 Å². The van der Waals surface area contributed by atoms with Gasteiger partial charge in [-0.3, -0.25) is 0 Å². The third-order valence-corrected chi connectivity index (χ3v) is 3.18. The van der Waals surface area contributed by atoms with Crippen molar-refractivity contribution in [1.29, 1.82) is 0 Å². The van der Waals surface area contributed by atoms with Gasteiger partial charge in [-0.2, -0.15) is 11.3 Å². The summed E-state index contributed by atoms with van der Waals surface area (Å²) in [6.07, 6.45) is 0. The lowest BCUT2D eigenvalue weighted by Gasteiger charge is -2.08. The minimum atomic E-state index is -0.358. The van der Waals surface area contributed by atoms with Crippen LogP contribution in [-0.4, -0.2) is 0 Å². The predicted octanol–water partition coefficient (Wildman–Crippen LogP) is 3.98. The molecule has 0 radical (unpaired) electrons. The zero-order valence-corrected chi connectivity index (χ0v) is 10.0. The van der Waals surface area contributed by atoms with Gasteiger partial charge in [0.2, 0.25) is 0 Å². The van der Waals surface area contributed by atoms with Crippen molar-refractivity contribution in [1.82, 2.24) is 0 Å². The molecule has 2 aromatic rings. The van der Waals surface area contributed by atoms with Crippen LogP contribution in [0.2, 0.25) is 0 Å². The minimum Gasteiger partial charge on any atom is -0.397 e. The molecule has 3 N–H and O–H groups in total. The van der Waals surface area contributed by atoms with Crippen LogP contribution < -0.4 is 11.1 Å². The monoisotopic (exact) mass is 286 g/mol. The van der Waals surface area contributed by atoms with E-state index in [0.717, 1.165) is 5.69 Å². The van der Waals surface area contributed by atoms with Crippen molar-refractivity contribution in [2.45, 2.75) is 0 Å². The van der Waals surface area contributed by atoms with E-state index < -0.39 is 0 Å². The molecule has 1 heterocycles. The van der Waals surface area contributed by atoms with Crippen LogP contribution in [0.25, 0.3) is 0 Å². The van der Waals surface area contributed by atoms with Gasteiger partial charge >= 0.3 is 0 Å². The lowest BCUT2D eigenvalue weighted by molar-refractivity contribution is 0.622. The highest BCUT2D eigenvalue weighted by Gasteiger charge is 2.06. The van der Waals surface area contributed by atoms with Gasteiger partial charge in [-0.15, -0.1) is 0 Å². The van der Waals surface area contributed by atoms with Crippen LogP contribution in [0.1, 0.15) is 0 Å². The highest BCUT2D eigenvalue weighted by Crippen LogP contribution is 2.29. The topological polar surface area (TPSA) is 38.0 Å². The maximum Gasteiger partial charge on any atom is 0.139 e. The maximum atomic E-state index is 13.1. The van der Waals surface area contributed by atoms with Crippen molar-refractivity contribution in [3.8, 4) is 0 Å². The average Bonchev–Trinajstić information content (AvgIpc) is 2.67. The number of thiophene rings is 1. The number of nitrogen functional groups attached to an aromatic ring is 1. The molecule has 0 saturated carbocycles. The summed E-state index contributed by atoms with van der Waals surface area (Å²) in [5, 5.41) is 7.02. The standard InChI is InChI=1S/C10H8BrFN2S/c11-7-3-10(9(13)4-8(7)12)14-6-1-2-15-5-6/h1-5,14H,13H2. The summed E-state index contributed by atoms with van der Waals surface area (Å²) < 4.78 is 13.5. The van der Waals surface area contributed by atoms with E-state index in [1.165, 1.54) is 6.07 Å². The molecule has 0 fully saturated rings. The first kappa shape index (κ1) is 10.4. The first-order valence-electron chi connectivity index (χ1n) is 4.20. The highest BCUT2D eigenvalue weighted by molar-refractivity contribution is 9.10. The SMILES string of the molecule is Nc1cc(F)c(Br)cc1Nc1ccsc1. The van der Waals surface area contributed by atoms with E-state index in [9.17, 15) is 4.39 Å². The van der Waals surface area contributed by atoms with Crippen molar-refractivity contribution in [2.24, 2.45) is 0 Å². The fourth-order valence-electron chi connectivity index (χ4n) is 1.16. The van der Waals surface area contributed by atoms with Gasteiger partial charge in [0.15, 0.2) is 0 Å². The summed E-state index contributed by atoms with van der Waals surface area (Å²) in [5.74, 6) is -0.358. The van der Waals surface area contributed by atoms with Gasteiger partial charge in [0.25, 0.3) is 0 Å². The first-order valence-corrected chi connectivity index (χ1v) is 5.94. The van der Waals surface area contributed by atoms with Crippen LogP contribution in [0.3, 0.4) is 0 Å². The first-order chi connectivity index (χ1) is 7.16. The smallest absolute Gasteiger partial charge is 0.139 e. The Morgan fingerprint density at radius 1 is 1.40 bits per heavy atom. The number of halogens is 2. The Morgan fingerprint density at radius 3 is 2.87 bits per heavy atom. The predicted molar refractivity (Wildman–Crippen MR) is 66.1 cm³/mol. The van der Waals surface area contributed by atoms with Crippen LogP contribution in [0.15, 0.2) is 33.4 Å². The van der Waals surface area contributed by atoms with Gasteiger partial charge in [-0.25, -0.2) is 4.39 Å². The molecule has 0 atom stereocenters. The van der Waals surface area contributed by atoms with Gasteiger partial charge in [-0.05, 0) is 33.4 Å². The van der Waals surface area contributed by atoms with Crippen molar-refractivity contribution < 1.29 is 4.39 Å². The summed E-state index contributed by atoms with van der Waals surface area (Å²) in [4.78, 5) is 0. The van der Waals surface area contributed by atoms with Crippen molar-refractivity contribution in [3.05, 3.63) is 39.2 Å². The van der Waals surface area contributed by atoms with Crippen molar-refractivity contribution in [2.75, 3.05) is 11.1 Å². The number of nitrogens with two attached hydrogens (primary N) is 1. The number of nitrogens with one attached hydrogen (secondary N) is 1. The van der Waals surface area contributed by atoms with E-state index >= 15 is 0 Å². The summed E-state index contributed by atoms with van der Waals surface area (Å²) in [5.41, 5.74) is 7.72. The van der Waals surface area contributed by atoms with Gasteiger partial charge in [0, 0.05) is 17.1 Å². The third kappa shape index (κ3) is 2.30. The molecule has 0 bridgehead atoms. The Balaban J connectivity index is 2.33. The zero-order chi connectivity index (χ0) is 10.8. The molecule has 0 amide bonds. The van der Waals surface area contributed by atoms with E-state index in [1.54, 1.807) is 17.4 Å². The summed E-state index contributed by atoms with van der Waals surface area (Å²) in [6, 6.07) is 4.85. The molecule has 1 aromatic carbocycles. The van der Waals surface area contributed by atoms with E-state index in [2.05, 4.69) is 21.2 Å². The molecule has 2 nitrogen and oxygen atoms in total. The molecule has 0 unspecified atom stereocenters. The van der Waals surface area contributed by atoms with Gasteiger partial charge in [0.1, 0.15) is 5.82 Å². The largest absolute Gasteiger partial charge is 0.397 e. The number of hydrogen-bond donors (Lipinski definition) is 2. The molecule has 0 aliphatic rings. The van der Waals surface area contributed by atoms with Gasteiger partial charge < -0.3 is 11.1 Å². The van der Waals surface area contributed by atoms with E-state index in [0.29, 0.717) is 15.8 Å². The number of hydrogen-bond acceptors (Lipinski definition) is 3. The molecule has 0 saturated heterocycles. The number of anilines is 3. The second-order valence-electron chi connectivity index (χ2n) is 2.99. The average molecular weight is 287 g/mol. The van der Waals surface area contributed by atoms with Crippen LogP contribution in [0.4, 0.5) is 21.5 Å². The molecule has 1 aromatic heterocycles. The fraction of sp³-hybridized carbons (Fsp3) is 0. The molecule has 2 rings (SSSR count). The molecule has 15 heavy (non-hydrogen) atoms. The molecule has 0 aliphatic heterocycles. The second-order valence-corrected chi connectivity index (χ2v) is 4.62. The second kappa shape index (κ2) is 4.20. The Labute approximate surface area is 99.1 Å². The number of rotatable bonds is 2. The lowest BCUT2D eigenvalue weighted by Crippen LogP contribution is -1.96. The van der Waals surface area contributed by atoms with E-state index in [4.69, 9.17) is 5.73 Å². The van der Waals surface area contributed by atoms with Crippen LogP contribution >= 0.6 is 27.3 Å². The Bertz CT molecular complexity index is 471. The summed E-state index contributed by atoms with van der Waals surface area (Å²) >= 11 is 4.70. The van der Waals surface area contributed by atoms with Crippen LogP contribution in [-0.2, 0) is 0 Å². The van der Waals surface area contributed by atoms with Crippen molar-refractivity contribution >= 4 is 44.3 Å². The minimum absolute atomic E-state index is 0.358. The molecule has 5 heteroatoms. The van der Waals surface area contributed by atoms with Gasteiger partial charge in [-0.1, -0.05) is 0 Å². The van der Waals surface area contributed by atoms with Gasteiger partial charge in [0.05, 0.1) is 15.8 Å². The lowest BCUT2D eigenvalue weighted by atomic mass is 10.2.